The number of H-pyrrole nitrogens is 1. The van der Waals surface area contributed by atoms with E-state index >= 15 is 0 Å². The molecule has 1 aliphatic rings. The van der Waals surface area contributed by atoms with Gasteiger partial charge in [-0.05, 0) is 13.3 Å². The second-order valence-corrected chi connectivity index (χ2v) is 5.81. The van der Waals surface area contributed by atoms with Gasteiger partial charge in [0.25, 0.3) is 10.0 Å². The number of aryl methyl sites for hydroxylation is 1. The van der Waals surface area contributed by atoms with Crippen LogP contribution in [0.1, 0.15) is 12.2 Å². The van der Waals surface area contributed by atoms with E-state index in [2.05, 4.69) is 14.7 Å². The maximum Gasteiger partial charge on any atom is 0.310 e. The first-order valence-electron chi connectivity index (χ1n) is 5.33. The van der Waals surface area contributed by atoms with Crippen molar-refractivity contribution < 1.29 is 18.3 Å². The fourth-order valence-electron chi connectivity index (χ4n) is 1.77. The van der Waals surface area contributed by atoms with E-state index < -0.39 is 28.0 Å². The predicted octanol–water partition coefficient (Wildman–Crippen LogP) is 0.0257. The molecule has 0 aliphatic heterocycles. The lowest BCUT2D eigenvalue weighted by molar-refractivity contribution is -0.140. The number of nitrogens with one attached hydrogen (secondary N) is 2. The van der Waals surface area contributed by atoms with E-state index in [1.165, 1.54) is 12.3 Å². The van der Waals surface area contributed by atoms with E-state index in [-0.39, 0.29) is 11.4 Å². The molecular formula is C10H13N3O4S. The van der Waals surface area contributed by atoms with Gasteiger partial charge in [0.2, 0.25) is 0 Å². The van der Waals surface area contributed by atoms with Gasteiger partial charge >= 0.3 is 5.97 Å². The fourth-order valence-corrected chi connectivity index (χ4v) is 2.94. The number of imidazole rings is 1. The van der Waals surface area contributed by atoms with Crippen molar-refractivity contribution in [2.45, 2.75) is 24.4 Å². The number of hydrogen-bond acceptors (Lipinski definition) is 4. The lowest BCUT2D eigenvalue weighted by atomic mass is 10.1. The number of carboxylic acid groups (broad SMARTS) is 1. The van der Waals surface area contributed by atoms with Gasteiger partial charge in [0.05, 0.1) is 12.1 Å². The van der Waals surface area contributed by atoms with Gasteiger partial charge in [-0.3, -0.25) is 4.79 Å². The van der Waals surface area contributed by atoms with Gasteiger partial charge in [0.15, 0.2) is 5.03 Å². The summed E-state index contributed by atoms with van der Waals surface area (Å²) in [7, 11) is -3.68. The van der Waals surface area contributed by atoms with Crippen LogP contribution in [0.4, 0.5) is 0 Å². The molecule has 1 aromatic rings. The Bertz CT molecular complexity index is 590. The highest BCUT2D eigenvalue weighted by atomic mass is 32.2. The van der Waals surface area contributed by atoms with Gasteiger partial charge in [-0.15, -0.1) is 0 Å². The van der Waals surface area contributed by atoms with Crippen LogP contribution >= 0.6 is 0 Å². The Balaban J connectivity index is 2.07. The molecular weight excluding hydrogens is 258 g/mol. The van der Waals surface area contributed by atoms with Crippen LogP contribution in [0.2, 0.25) is 0 Å². The Morgan fingerprint density at radius 1 is 1.56 bits per heavy atom. The summed E-state index contributed by atoms with van der Waals surface area (Å²) in [6, 6.07) is -0.500. The standard InChI is InChI=1S/C10H13N3O4S/c1-6-11-5-9(12-6)18(16,17)13-8-3-2-7(4-8)10(14)15/h2-3,5,7-8,13H,4H2,1H3,(H,11,12)(H,14,15). The topological polar surface area (TPSA) is 112 Å². The molecule has 1 heterocycles. The average Bonchev–Trinajstić information content (AvgIpc) is 2.86. The fraction of sp³-hybridized carbons (Fsp3) is 0.400. The van der Waals surface area contributed by atoms with Crippen molar-refractivity contribution in [3.63, 3.8) is 0 Å². The first-order chi connectivity index (χ1) is 8.38. The molecule has 1 aliphatic carbocycles. The Morgan fingerprint density at radius 2 is 2.28 bits per heavy atom. The minimum Gasteiger partial charge on any atom is -0.481 e. The van der Waals surface area contributed by atoms with Crippen LogP contribution in [-0.2, 0) is 14.8 Å². The van der Waals surface area contributed by atoms with E-state index in [0.717, 1.165) is 0 Å². The van der Waals surface area contributed by atoms with Crippen LogP contribution in [-0.4, -0.2) is 35.5 Å². The van der Waals surface area contributed by atoms with Crippen LogP contribution in [0, 0.1) is 12.8 Å². The van der Waals surface area contributed by atoms with E-state index in [0.29, 0.717) is 5.82 Å². The SMILES string of the molecule is Cc1ncc(S(=O)(=O)NC2C=CC(C(=O)O)C2)[nH]1. The second-order valence-electron chi connectivity index (χ2n) is 4.13. The molecule has 1 aromatic heterocycles. The number of aromatic amines is 1. The number of nitrogens with zero attached hydrogens (tertiary/aromatic N) is 1. The van der Waals surface area contributed by atoms with Gasteiger partial charge in [-0.1, -0.05) is 12.2 Å². The van der Waals surface area contributed by atoms with Crippen molar-refractivity contribution in [2.75, 3.05) is 0 Å². The number of carbonyl (C=O) groups is 1. The highest BCUT2D eigenvalue weighted by Gasteiger charge is 2.28. The Hall–Kier alpha value is -1.67. The minimum absolute atomic E-state index is 0.0211. The number of carboxylic acids is 1. The molecule has 0 bridgehead atoms. The van der Waals surface area contributed by atoms with Crippen LogP contribution in [0.5, 0.6) is 0 Å². The number of rotatable bonds is 4. The average molecular weight is 271 g/mol. The third-order valence-electron chi connectivity index (χ3n) is 2.68. The van der Waals surface area contributed by atoms with Crippen LogP contribution in [0.25, 0.3) is 0 Å². The highest BCUT2D eigenvalue weighted by molar-refractivity contribution is 7.89. The summed E-state index contributed by atoms with van der Waals surface area (Å²) in [6.45, 7) is 1.65. The molecule has 0 saturated carbocycles. The van der Waals surface area contributed by atoms with E-state index in [9.17, 15) is 13.2 Å². The molecule has 8 heteroatoms. The number of hydrogen-bond donors (Lipinski definition) is 3. The zero-order valence-corrected chi connectivity index (χ0v) is 10.4. The molecule has 0 saturated heterocycles. The molecule has 98 valence electrons. The number of aromatic nitrogens is 2. The third-order valence-corrected chi connectivity index (χ3v) is 4.08. The van der Waals surface area contributed by atoms with Gasteiger partial charge < -0.3 is 10.1 Å². The smallest absolute Gasteiger partial charge is 0.310 e. The summed E-state index contributed by atoms with van der Waals surface area (Å²) >= 11 is 0. The van der Waals surface area contributed by atoms with E-state index in [4.69, 9.17) is 5.11 Å². The maximum atomic E-state index is 11.9. The summed E-state index contributed by atoms with van der Waals surface area (Å²) in [5.74, 6) is -1.09. The molecule has 2 rings (SSSR count). The minimum atomic E-state index is -3.68. The molecule has 0 aromatic carbocycles. The zero-order valence-electron chi connectivity index (χ0n) is 9.62. The normalized spacial score (nSPS) is 23.4. The van der Waals surface area contributed by atoms with Gasteiger partial charge in [0, 0.05) is 6.04 Å². The van der Waals surface area contributed by atoms with Crippen molar-refractivity contribution in [1.29, 1.82) is 0 Å². The molecule has 3 N–H and O–H groups in total. The maximum absolute atomic E-state index is 11.9. The van der Waals surface area contributed by atoms with Crippen LogP contribution in [0.3, 0.4) is 0 Å². The number of aliphatic carboxylic acids is 1. The molecule has 2 unspecified atom stereocenters. The Morgan fingerprint density at radius 3 is 2.78 bits per heavy atom. The quantitative estimate of drug-likeness (QED) is 0.669. The van der Waals surface area contributed by atoms with Gasteiger partial charge in [-0.2, -0.15) is 0 Å². The Kier molecular flexibility index (Phi) is 3.22. The largest absolute Gasteiger partial charge is 0.481 e. The van der Waals surface area contributed by atoms with Gasteiger partial charge in [0.1, 0.15) is 5.82 Å². The van der Waals surface area contributed by atoms with Crippen molar-refractivity contribution in [3.8, 4) is 0 Å². The molecule has 18 heavy (non-hydrogen) atoms. The molecule has 0 radical (unpaired) electrons. The molecule has 2 atom stereocenters. The summed E-state index contributed by atoms with van der Waals surface area (Å²) in [5, 5.41) is 8.78. The van der Waals surface area contributed by atoms with Crippen LogP contribution < -0.4 is 4.72 Å². The summed E-state index contributed by atoms with van der Waals surface area (Å²) in [5.41, 5.74) is 0. The van der Waals surface area contributed by atoms with Crippen molar-refractivity contribution in [1.82, 2.24) is 14.7 Å². The van der Waals surface area contributed by atoms with Gasteiger partial charge in [-0.25, -0.2) is 18.1 Å². The highest BCUT2D eigenvalue weighted by Crippen LogP contribution is 2.19. The zero-order chi connectivity index (χ0) is 13.3. The molecule has 0 fully saturated rings. The molecule has 0 amide bonds. The lowest BCUT2D eigenvalue weighted by Gasteiger charge is -2.11. The predicted molar refractivity (Wildman–Crippen MR) is 62.3 cm³/mol. The van der Waals surface area contributed by atoms with Crippen LogP contribution in [0.15, 0.2) is 23.4 Å². The van der Waals surface area contributed by atoms with E-state index in [1.807, 2.05) is 0 Å². The molecule has 7 nitrogen and oxygen atoms in total. The third kappa shape index (κ3) is 2.59. The lowest BCUT2D eigenvalue weighted by Crippen LogP contribution is -2.33. The number of sulfonamides is 1. The summed E-state index contributed by atoms with van der Waals surface area (Å²) < 4.78 is 26.2. The van der Waals surface area contributed by atoms with Crippen molar-refractivity contribution in [2.24, 2.45) is 5.92 Å². The van der Waals surface area contributed by atoms with Crippen molar-refractivity contribution in [3.05, 3.63) is 24.2 Å². The monoisotopic (exact) mass is 271 g/mol. The van der Waals surface area contributed by atoms with E-state index in [1.54, 1.807) is 13.0 Å². The summed E-state index contributed by atoms with van der Waals surface area (Å²) in [4.78, 5) is 17.2. The second kappa shape index (κ2) is 4.54. The first kappa shape index (κ1) is 12.8. The molecule has 0 spiro atoms. The Labute approximate surface area is 104 Å². The first-order valence-corrected chi connectivity index (χ1v) is 6.82. The van der Waals surface area contributed by atoms with Crippen molar-refractivity contribution >= 4 is 16.0 Å². The summed E-state index contributed by atoms with van der Waals surface area (Å²) in [6.07, 6.45) is 4.50.